The number of carbonyl (C=O) groups excluding carboxylic acids is 2. The van der Waals surface area contributed by atoms with Gasteiger partial charge in [-0.25, -0.2) is 4.79 Å². The summed E-state index contributed by atoms with van der Waals surface area (Å²) < 4.78 is 38.1. The molecule has 2 N–H and O–H groups in total. The van der Waals surface area contributed by atoms with Crippen molar-refractivity contribution in [1.29, 1.82) is 0 Å². The normalized spacial score (nSPS) is 11.0. The number of carbonyl (C=O) groups is 2. The fourth-order valence-electron chi connectivity index (χ4n) is 1.40. The SMILES string of the molecule is CCNC(=O)NC(=O)Cn1cccc(C(F)(F)F)c1=O. The van der Waals surface area contributed by atoms with E-state index in [0.717, 1.165) is 12.3 Å². The molecule has 0 aliphatic carbocycles. The van der Waals surface area contributed by atoms with E-state index in [-0.39, 0.29) is 6.54 Å². The average molecular weight is 291 g/mol. The third-order valence-electron chi connectivity index (χ3n) is 2.23. The lowest BCUT2D eigenvalue weighted by atomic mass is 10.2. The number of imide groups is 1. The molecular weight excluding hydrogens is 279 g/mol. The summed E-state index contributed by atoms with van der Waals surface area (Å²) in [7, 11) is 0. The van der Waals surface area contributed by atoms with Crippen LogP contribution in [0.2, 0.25) is 0 Å². The summed E-state index contributed by atoms with van der Waals surface area (Å²) >= 11 is 0. The quantitative estimate of drug-likeness (QED) is 0.861. The number of hydrogen-bond acceptors (Lipinski definition) is 3. The van der Waals surface area contributed by atoms with Crippen LogP contribution in [-0.4, -0.2) is 23.1 Å². The molecule has 0 spiro atoms. The minimum Gasteiger partial charge on any atom is -0.338 e. The van der Waals surface area contributed by atoms with E-state index in [2.05, 4.69) is 5.32 Å². The number of nitrogens with one attached hydrogen (secondary N) is 2. The summed E-state index contributed by atoms with van der Waals surface area (Å²) in [5.74, 6) is -0.891. The van der Waals surface area contributed by atoms with Crippen molar-refractivity contribution >= 4 is 11.9 Å². The highest BCUT2D eigenvalue weighted by atomic mass is 19.4. The van der Waals surface area contributed by atoms with Crippen molar-refractivity contribution in [3.63, 3.8) is 0 Å². The molecule has 0 saturated heterocycles. The Kier molecular flexibility index (Phi) is 4.89. The molecule has 1 rings (SSSR count). The Morgan fingerprint density at radius 2 is 2.00 bits per heavy atom. The Bertz CT molecular complexity index is 566. The highest BCUT2D eigenvalue weighted by Gasteiger charge is 2.34. The van der Waals surface area contributed by atoms with E-state index < -0.39 is 35.8 Å². The van der Waals surface area contributed by atoms with Gasteiger partial charge in [0.2, 0.25) is 5.91 Å². The Labute approximate surface area is 111 Å². The number of rotatable bonds is 3. The van der Waals surface area contributed by atoms with Crippen molar-refractivity contribution in [3.05, 3.63) is 34.2 Å². The molecule has 0 aromatic carbocycles. The molecule has 1 heterocycles. The molecule has 20 heavy (non-hydrogen) atoms. The van der Waals surface area contributed by atoms with Gasteiger partial charge in [-0.05, 0) is 19.1 Å². The van der Waals surface area contributed by atoms with Crippen LogP contribution < -0.4 is 16.2 Å². The molecule has 0 aliphatic heterocycles. The molecule has 0 atom stereocenters. The molecule has 9 heteroatoms. The van der Waals surface area contributed by atoms with Crippen molar-refractivity contribution in [2.45, 2.75) is 19.6 Å². The van der Waals surface area contributed by atoms with E-state index in [4.69, 9.17) is 0 Å². The summed E-state index contributed by atoms with van der Waals surface area (Å²) in [6.07, 6.45) is -3.76. The van der Waals surface area contributed by atoms with Gasteiger partial charge in [-0.15, -0.1) is 0 Å². The lowest BCUT2D eigenvalue weighted by Crippen LogP contribution is -2.42. The maximum atomic E-state index is 12.5. The summed E-state index contributed by atoms with van der Waals surface area (Å²) in [4.78, 5) is 34.0. The maximum Gasteiger partial charge on any atom is 0.421 e. The molecule has 1 aromatic heterocycles. The van der Waals surface area contributed by atoms with Crippen LogP contribution in [-0.2, 0) is 17.5 Å². The number of halogens is 3. The van der Waals surface area contributed by atoms with Crippen LogP contribution in [0.5, 0.6) is 0 Å². The van der Waals surface area contributed by atoms with Gasteiger partial charge in [-0.3, -0.25) is 14.9 Å². The molecule has 1 aromatic rings. The highest BCUT2D eigenvalue weighted by Crippen LogP contribution is 2.25. The lowest BCUT2D eigenvalue weighted by molar-refractivity contribution is -0.139. The molecule has 0 saturated carbocycles. The standard InChI is InChI=1S/C11H12F3N3O3/c1-2-15-10(20)16-8(18)6-17-5-3-4-7(9(17)19)11(12,13)14/h3-5H,2,6H2,1H3,(H2,15,16,18,20). The molecule has 0 aliphatic rings. The molecule has 6 nitrogen and oxygen atoms in total. The molecular formula is C11H12F3N3O3. The van der Waals surface area contributed by atoms with E-state index >= 15 is 0 Å². The van der Waals surface area contributed by atoms with Crippen molar-refractivity contribution in [1.82, 2.24) is 15.2 Å². The van der Waals surface area contributed by atoms with Gasteiger partial charge in [0, 0.05) is 12.7 Å². The smallest absolute Gasteiger partial charge is 0.338 e. The van der Waals surface area contributed by atoms with Gasteiger partial charge in [0.05, 0.1) is 0 Å². The van der Waals surface area contributed by atoms with Crippen molar-refractivity contribution in [3.8, 4) is 0 Å². The number of nitrogens with zero attached hydrogens (tertiary/aromatic N) is 1. The molecule has 0 radical (unpaired) electrons. The predicted octanol–water partition coefficient (Wildman–Crippen LogP) is 0.713. The minimum atomic E-state index is -4.80. The zero-order valence-electron chi connectivity index (χ0n) is 10.5. The number of urea groups is 1. The predicted molar refractivity (Wildman–Crippen MR) is 62.9 cm³/mol. The van der Waals surface area contributed by atoms with Crippen LogP contribution in [0, 0.1) is 0 Å². The summed E-state index contributed by atoms with van der Waals surface area (Å²) in [6, 6.07) is 0.849. The summed E-state index contributed by atoms with van der Waals surface area (Å²) in [5.41, 5.74) is -2.71. The van der Waals surface area contributed by atoms with Crippen LogP contribution in [0.25, 0.3) is 0 Å². The van der Waals surface area contributed by atoms with Gasteiger partial charge >= 0.3 is 12.2 Å². The van der Waals surface area contributed by atoms with Gasteiger partial charge < -0.3 is 9.88 Å². The Morgan fingerprint density at radius 3 is 2.55 bits per heavy atom. The van der Waals surface area contributed by atoms with E-state index in [0.29, 0.717) is 10.6 Å². The minimum absolute atomic E-state index is 0.280. The van der Waals surface area contributed by atoms with Crippen LogP contribution in [0.1, 0.15) is 12.5 Å². The number of pyridine rings is 1. The third kappa shape index (κ3) is 4.11. The first-order chi connectivity index (χ1) is 9.25. The molecule has 0 unspecified atom stereocenters. The van der Waals surface area contributed by atoms with E-state index in [1.807, 2.05) is 5.32 Å². The Balaban J connectivity index is 2.87. The Morgan fingerprint density at radius 1 is 1.35 bits per heavy atom. The van der Waals surface area contributed by atoms with E-state index in [1.54, 1.807) is 6.92 Å². The monoisotopic (exact) mass is 291 g/mol. The number of aromatic nitrogens is 1. The zero-order valence-corrected chi connectivity index (χ0v) is 10.5. The first-order valence-electron chi connectivity index (χ1n) is 5.60. The fourth-order valence-corrected chi connectivity index (χ4v) is 1.40. The number of alkyl halides is 3. The zero-order chi connectivity index (χ0) is 15.3. The summed E-state index contributed by atoms with van der Waals surface area (Å²) in [6.45, 7) is 1.23. The largest absolute Gasteiger partial charge is 0.421 e. The third-order valence-corrected chi connectivity index (χ3v) is 2.23. The average Bonchev–Trinajstić information content (AvgIpc) is 2.30. The van der Waals surface area contributed by atoms with Crippen molar-refractivity contribution in [2.24, 2.45) is 0 Å². The molecule has 3 amide bonds. The van der Waals surface area contributed by atoms with Gasteiger partial charge in [0.15, 0.2) is 0 Å². The molecule has 110 valence electrons. The van der Waals surface area contributed by atoms with Crippen LogP contribution in [0.4, 0.5) is 18.0 Å². The van der Waals surface area contributed by atoms with Crippen LogP contribution in [0.15, 0.2) is 23.1 Å². The number of amides is 3. The van der Waals surface area contributed by atoms with Gasteiger partial charge in [-0.1, -0.05) is 0 Å². The second-order valence-electron chi connectivity index (χ2n) is 3.76. The Hall–Kier alpha value is -2.32. The second-order valence-corrected chi connectivity index (χ2v) is 3.76. The first-order valence-corrected chi connectivity index (χ1v) is 5.60. The van der Waals surface area contributed by atoms with Crippen molar-refractivity contribution < 1.29 is 22.8 Å². The van der Waals surface area contributed by atoms with Gasteiger partial charge in [-0.2, -0.15) is 13.2 Å². The topological polar surface area (TPSA) is 80.2 Å². The lowest BCUT2D eigenvalue weighted by Gasteiger charge is -2.10. The molecule has 0 fully saturated rings. The maximum absolute atomic E-state index is 12.5. The van der Waals surface area contributed by atoms with Crippen LogP contribution in [0.3, 0.4) is 0 Å². The molecule has 0 bridgehead atoms. The second kappa shape index (κ2) is 6.22. The highest BCUT2D eigenvalue weighted by molar-refractivity contribution is 5.94. The number of hydrogen-bond donors (Lipinski definition) is 2. The van der Waals surface area contributed by atoms with E-state index in [9.17, 15) is 27.6 Å². The fraction of sp³-hybridized carbons (Fsp3) is 0.364. The van der Waals surface area contributed by atoms with Crippen molar-refractivity contribution in [2.75, 3.05) is 6.54 Å². The van der Waals surface area contributed by atoms with E-state index in [1.165, 1.54) is 0 Å². The van der Waals surface area contributed by atoms with Gasteiger partial charge in [0.1, 0.15) is 12.1 Å². The summed E-state index contributed by atoms with van der Waals surface area (Å²) in [5, 5.41) is 4.16. The van der Waals surface area contributed by atoms with Crippen LogP contribution >= 0.6 is 0 Å². The van der Waals surface area contributed by atoms with Gasteiger partial charge in [0.25, 0.3) is 5.56 Å². The first kappa shape index (κ1) is 15.7.